The first kappa shape index (κ1) is 10.2. The van der Waals surface area contributed by atoms with Crippen molar-refractivity contribution in [1.29, 1.82) is 0 Å². The van der Waals surface area contributed by atoms with Crippen LogP contribution >= 0.6 is 0 Å². The Morgan fingerprint density at radius 2 is 2.19 bits per heavy atom. The van der Waals surface area contributed by atoms with Crippen molar-refractivity contribution in [2.75, 3.05) is 13.1 Å². The zero-order chi connectivity index (χ0) is 10.8. The monoisotopic (exact) mass is 217 g/mol. The van der Waals surface area contributed by atoms with Crippen LogP contribution in [0.2, 0.25) is 0 Å². The topological polar surface area (TPSA) is 28.2 Å². The molecule has 1 saturated heterocycles. The molecule has 2 aliphatic rings. The summed E-state index contributed by atoms with van der Waals surface area (Å²) in [4.78, 5) is 6.88. The molecule has 0 aromatic carbocycles. The lowest BCUT2D eigenvalue weighted by Crippen LogP contribution is -2.33. The molecule has 0 radical (unpaired) electrons. The van der Waals surface area contributed by atoms with E-state index in [4.69, 9.17) is 0 Å². The zero-order valence-electron chi connectivity index (χ0n) is 9.60. The van der Waals surface area contributed by atoms with Gasteiger partial charge in [0, 0.05) is 37.9 Å². The van der Waals surface area contributed by atoms with Crippen LogP contribution < -0.4 is 5.32 Å². The molecular weight excluding hydrogens is 198 g/mol. The summed E-state index contributed by atoms with van der Waals surface area (Å²) in [7, 11) is 0. The molecule has 1 atom stereocenters. The van der Waals surface area contributed by atoms with E-state index < -0.39 is 0 Å². The molecule has 1 aliphatic carbocycles. The normalized spacial score (nSPS) is 26.1. The number of hydrogen-bond donors (Lipinski definition) is 1. The molecule has 3 heteroatoms. The van der Waals surface area contributed by atoms with E-state index in [-0.39, 0.29) is 0 Å². The Labute approximate surface area is 96.9 Å². The summed E-state index contributed by atoms with van der Waals surface area (Å²) >= 11 is 0. The van der Waals surface area contributed by atoms with E-state index in [2.05, 4.69) is 27.3 Å². The van der Waals surface area contributed by atoms with Crippen molar-refractivity contribution in [2.45, 2.75) is 37.9 Å². The molecule has 3 nitrogen and oxygen atoms in total. The van der Waals surface area contributed by atoms with E-state index in [9.17, 15) is 0 Å². The Hall–Kier alpha value is -0.930. The van der Waals surface area contributed by atoms with Crippen molar-refractivity contribution in [3.8, 4) is 0 Å². The van der Waals surface area contributed by atoms with Gasteiger partial charge in [-0.05, 0) is 31.4 Å². The highest BCUT2D eigenvalue weighted by atomic mass is 15.2. The molecule has 86 valence electrons. The number of hydrogen-bond acceptors (Lipinski definition) is 3. The molecule has 1 aliphatic heterocycles. The maximum Gasteiger partial charge on any atom is 0.0543 e. The van der Waals surface area contributed by atoms with Crippen LogP contribution in [0.25, 0.3) is 0 Å². The summed E-state index contributed by atoms with van der Waals surface area (Å²) in [5.41, 5.74) is 1.19. The highest BCUT2D eigenvalue weighted by Gasteiger charge is 2.29. The fourth-order valence-corrected chi connectivity index (χ4v) is 2.42. The van der Waals surface area contributed by atoms with Gasteiger partial charge in [0.25, 0.3) is 0 Å². The molecule has 1 aromatic heterocycles. The van der Waals surface area contributed by atoms with Gasteiger partial charge in [-0.3, -0.25) is 9.88 Å². The van der Waals surface area contributed by atoms with Gasteiger partial charge in [0.2, 0.25) is 0 Å². The van der Waals surface area contributed by atoms with Crippen molar-refractivity contribution in [2.24, 2.45) is 0 Å². The highest BCUT2D eigenvalue weighted by molar-refractivity contribution is 5.04. The van der Waals surface area contributed by atoms with Crippen molar-refractivity contribution < 1.29 is 0 Å². The van der Waals surface area contributed by atoms with Gasteiger partial charge in [0.15, 0.2) is 0 Å². The Bertz CT molecular complexity index is 334. The molecule has 0 bridgehead atoms. The van der Waals surface area contributed by atoms with Gasteiger partial charge in [-0.2, -0.15) is 0 Å². The fraction of sp³-hybridized carbons (Fsp3) is 0.615. The lowest BCUT2D eigenvalue weighted by molar-refractivity contribution is 0.316. The Balaban J connectivity index is 1.49. The van der Waals surface area contributed by atoms with E-state index in [1.54, 1.807) is 0 Å². The third kappa shape index (κ3) is 2.60. The minimum Gasteiger partial charge on any atom is -0.310 e. The number of rotatable bonds is 4. The summed E-state index contributed by atoms with van der Waals surface area (Å²) in [6.07, 6.45) is 5.95. The number of likely N-dealkylation sites (tertiary alicyclic amines) is 1. The largest absolute Gasteiger partial charge is 0.310 e. The SMILES string of the molecule is c1ccc(CN2CCC(NC3CC3)C2)nc1. The second kappa shape index (κ2) is 4.52. The van der Waals surface area contributed by atoms with E-state index in [0.717, 1.165) is 18.6 Å². The quantitative estimate of drug-likeness (QED) is 0.826. The van der Waals surface area contributed by atoms with Crippen LogP contribution in [0.1, 0.15) is 25.0 Å². The first-order chi connectivity index (χ1) is 7.90. The van der Waals surface area contributed by atoms with Gasteiger partial charge in [-0.25, -0.2) is 0 Å². The summed E-state index contributed by atoms with van der Waals surface area (Å²) < 4.78 is 0. The van der Waals surface area contributed by atoms with Crippen LogP contribution in [0.4, 0.5) is 0 Å². The van der Waals surface area contributed by atoms with Gasteiger partial charge in [-0.1, -0.05) is 6.07 Å². The molecule has 2 heterocycles. The first-order valence-electron chi connectivity index (χ1n) is 6.28. The molecular formula is C13H19N3. The molecule has 1 aromatic rings. The maximum absolute atomic E-state index is 4.38. The van der Waals surface area contributed by atoms with Crippen molar-refractivity contribution in [1.82, 2.24) is 15.2 Å². The lowest BCUT2D eigenvalue weighted by Gasteiger charge is -2.15. The number of nitrogens with one attached hydrogen (secondary N) is 1. The van der Waals surface area contributed by atoms with E-state index in [0.29, 0.717) is 0 Å². The molecule has 16 heavy (non-hydrogen) atoms. The Morgan fingerprint density at radius 3 is 2.94 bits per heavy atom. The number of pyridine rings is 1. The van der Waals surface area contributed by atoms with Crippen LogP contribution in [0.3, 0.4) is 0 Å². The van der Waals surface area contributed by atoms with Gasteiger partial charge in [-0.15, -0.1) is 0 Å². The molecule has 3 rings (SSSR count). The van der Waals surface area contributed by atoms with Crippen molar-refractivity contribution in [3.05, 3.63) is 30.1 Å². The summed E-state index contributed by atoms with van der Waals surface area (Å²) in [6, 6.07) is 7.71. The minimum atomic E-state index is 0.719. The molecule has 1 N–H and O–H groups in total. The average molecular weight is 217 g/mol. The number of aromatic nitrogens is 1. The van der Waals surface area contributed by atoms with Gasteiger partial charge in [0.05, 0.1) is 5.69 Å². The average Bonchev–Trinajstić information content (AvgIpc) is 3.01. The van der Waals surface area contributed by atoms with E-state index in [1.807, 2.05) is 12.3 Å². The first-order valence-corrected chi connectivity index (χ1v) is 6.28. The highest BCUT2D eigenvalue weighted by Crippen LogP contribution is 2.22. The Morgan fingerprint density at radius 1 is 1.25 bits per heavy atom. The van der Waals surface area contributed by atoms with Gasteiger partial charge < -0.3 is 5.32 Å². The summed E-state index contributed by atoms with van der Waals surface area (Å²) in [5, 5.41) is 3.71. The van der Waals surface area contributed by atoms with E-state index in [1.165, 1.54) is 38.0 Å². The standard InChI is InChI=1S/C13H19N3/c1-2-7-14-12(3-1)9-16-8-6-13(10-16)15-11-4-5-11/h1-3,7,11,13,15H,4-6,8-10H2. The predicted molar refractivity (Wildman–Crippen MR) is 64.1 cm³/mol. The fourth-order valence-electron chi connectivity index (χ4n) is 2.42. The zero-order valence-corrected chi connectivity index (χ0v) is 9.60. The van der Waals surface area contributed by atoms with Gasteiger partial charge >= 0.3 is 0 Å². The second-order valence-corrected chi connectivity index (χ2v) is 4.98. The predicted octanol–water partition coefficient (Wildman–Crippen LogP) is 1.41. The summed E-state index contributed by atoms with van der Waals surface area (Å²) in [5.74, 6) is 0. The van der Waals surface area contributed by atoms with Crippen LogP contribution in [-0.2, 0) is 6.54 Å². The summed E-state index contributed by atoms with van der Waals surface area (Å²) in [6.45, 7) is 3.40. The van der Waals surface area contributed by atoms with Crippen molar-refractivity contribution >= 4 is 0 Å². The van der Waals surface area contributed by atoms with Crippen LogP contribution in [-0.4, -0.2) is 35.1 Å². The molecule has 1 unspecified atom stereocenters. The smallest absolute Gasteiger partial charge is 0.0543 e. The van der Waals surface area contributed by atoms with Crippen LogP contribution in [0.15, 0.2) is 24.4 Å². The van der Waals surface area contributed by atoms with Crippen LogP contribution in [0, 0.1) is 0 Å². The van der Waals surface area contributed by atoms with Gasteiger partial charge in [0.1, 0.15) is 0 Å². The second-order valence-electron chi connectivity index (χ2n) is 4.98. The van der Waals surface area contributed by atoms with Crippen molar-refractivity contribution in [3.63, 3.8) is 0 Å². The number of nitrogens with zero attached hydrogens (tertiary/aromatic N) is 2. The van der Waals surface area contributed by atoms with E-state index >= 15 is 0 Å². The maximum atomic E-state index is 4.38. The minimum absolute atomic E-state index is 0.719. The molecule has 2 fully saturated rings. The molecule has 1 saturated carbocycles. The third-order valence-corrected chi connectivity index (χ3v) is 3.43. The van der Waals surface area contributed by atoms with Crippen LogP contribution in [0.5, 0.6) is 0 Å². The third-order valence-electron chi connectivity index (χ3n) is 3.43. The molecule has 0 spiro atoms. The molecule has 0 amide bonds. The lowest BCUT2D eigenvalue weighted by atomic mass is 10.2. The Kier molecular flexibility index (Phi) is 2.89.